The Morgan fingerprint density at radius 3 is 0.667 bits per heavy atom. The first-order valence-corrected chi connectivity index (χ1v) is 46.0. The molecule has 102 heavy (non-hydrogen) atoms. The van der Waals surface area contributed by atoms with Crippen molar-refractivity contribution in [1.29, 1.82) is 0 Å². The highest BCUT2D eigenvalue weighted by atomic mass is 31.2. The normalized spacial score (nSPS) is 13.9. The van der Waals surface area contributed by atoms with Crippen LogP contribution in [0.4, 0.5) is 0 Å². The van der Waals surface area contributed by atoms with E-state index in [1.807, 2.05) is 0 Å². The minimum Gasteiger partial charge on any atom is -0.462 e. The number of carbonyl (C=O) groups excluding carboxylic acids is 4. The van der Waals surface area contributed by atoms with Crippen LogP contribution in [0.15, 0.2) is 0 Å². The number of ether oxygens (including phenoxy) is 4. The lowest BCUT2D eigenvalue weighted by atomic mass is 10.0. The topological polar surface area (TPSA) is 237 Å². The van der Waals surface area contributed by atoms with E-state index in [0.717, 1.165) is 102 Å². The summed E-state index contributed by atoms with van der Waals surface area (Å²) in [5.41, 5.74) is 0. The van der Waals surface area contributed by atoms with Crippen molar-refractivity contribution in [1.82, 2.24) is 0 Å². The second kappa shape index (κ2) is 74.5. The molecule has 5 atom stereocenters. The third kappa shape index (κ3) is 76.3. The van der Waals surface area contributed by atoms with Crippen molar-refractivity contribution in [2.45, 2.75) is 458 Å². The van der Waals surface area contributed by atoms with E-state index in [9.17, 15) is 43.2 Å². The lowest BCUT2D eigenvalue weighted by Crippen LogP contribution is -2.30. The Hall–Kier alpha value is -1.94. The van der Waals surface area contributed by atoms with Crippen molar-refractivity contribution >= 4 is 39.5 Å². The average Bonchev–Trinajstić information content (AvgIpc) is 0.941. The van der Waals surface area contributed by atoms with Gasteiger partial charge >= 0.3 is 39.5 Å². The Morgan fingerprint density at radius 2 is 0.451 bits per heavy atom. The summed E-state index contributed by atoms with van der Waals surface area (Å²) in [5, 5.41) is 10.7. The van der Waals surface area contributed by atoms with Gasteiger partial charge in [0.2, 0.25) is 0 Å². The van der Waals surface area contributed by atoms with Crippen LogP contribution in [0.1, 0.15) is 440 Å². The molecule has 0 aromatic heterocycles. The zero-order valence-electron chi connectivity index (χ0n) is 66.9. The van der Waals surface area contributed by atoms with Crippen molar-refractivity contribution in [3.05, 3.63) is 0 Å². The number of aliphatic hydroxyl groups is 1. The van der Waals surface area contributed by atoms with Crippen molar-refractivity contribution < 1.29 is 80.2 Å². The van der Waals surface area contributed by atoms with Crippen molar-refractivity contribution in [3.8, 4) is 0 Å². The van der Waals surface area contributed by atoms with E-state index in [2.05, 4.69) is 41.5 Å². The summed E-state index contributed by atoms with van der Waals surface area (Å²) in [7, 11) is -9.92. The summed E-state index contributed by atoms with van der Waals surface area (Å²) >= 11 is 0. The Kier molecular flexibility index (Phi) is 73.1. The summed E-state index contributed by atoms with van der Waals surface area (Å²) < 4.78 is 68.8. The fraction of sp³-hybridized carbons (Fsp3) is 0.952. The Bertz CT molecular complexity index is 1960. The van der Waals surface area contributed by atoms with Gasteiger partial charge < -0.3 is 33.8 Å². The number of esters is 4. The average molecular weight is 1490 g/mol. The number of hydrogen-bond donors (Lipinski definition) is 3. The number of carbonyl (C=O) groups is 4. The van der Waals surface area contributed by atoms with Crippen molar-refractivity contribution in [2.24, 2.45) is 11.8 Å². The first kappa shape index (κ1) is 100. The van der Waals surface area contributed by atoms with Crippen LogP contribution in [0.3, 0.4) is 0 Å². The predicted octanol–water partition coefficient (Wildman–Crippen LogP) is 25.1. The Labute approximate surface area is 626 Å². The lowest BCUT2D eigenvalue weighted by molar-refractivity contribution is -0.161. The van der Waals surface area contributed by atoms with Crippen LogP contribution >= 0.6 is 15.6 Å². The predicted molar refractivity (Wildman–Crippen MR) is 418 cm³/mol. The first-order valence-electron chi connectivity index (χ1n) is 43.0. The van der Waals surface area contributed by atoms with Gasteiger partial charge in [0.05, 0.1) is 26.4 Å². The van der Waals surface area contributed by atoms with Gasteiger partial charge in [-0.1, -0.05) is 388 Å². The lowest BCUT2D eigenvalue weighted by Gasteiger charge is -2.21. The molecule has 17 nitrogen and oxygen atoms in total. The zero-order chi connectivity index (χ0) is 74.9. The van der Waals surface area contributed by atoms with Gasteiger partial charge in [-0.15, -0.1) is 0 Å². The maximum Gasteiger partial charge on any atom is 0.472 e. The van der Waals surface area contributed by atoms with Gasteiger partial charge in [0.1, 0.15) is 19.3 Å². The summed E-state index contributed by atoms with van der Waals surface area (Å²) in [6.45, 7) is 9.69. The van der Waals surface area contributed by atoms with E-state index in [1.54, 1.807) is 0 Å². The molecule has 0 aliphatic rings. The maximum atomic E-state index is 13.1. The molecular weight excluding hydrogens is 1330 g/mol. The highest BCUT2D eigenvalue weighted by Crippen LogP contribution is 2.45. The molecule has 0 radical (unpaired) electrons. The van der Waals surface area contributed by atoms with E-state index >= 15 is 0 Å². The number of hydrogen-bond acceptors (Lipinski definition) is 15. The molecule has 0 amide bonds. The summed E-state index contributed by atoms with van der Waals surface area (Å²) in [4.78, 5) is 73.1. The fourth-order valence-electron chi connectivity index (χ4n) is 12.9. The molecule has 0 aromatic carbocycles. The van der Waals surface area contributed by atoms with Crippen molar-refractivity contribution in [3.63, 3.8) is 0 Å². The van der Waals surface area contributed by atoms with Gasteiger partial charge in [-0.05, 0) is 37.5 Å². The van der Waals surface area contributed by atoms with Crippen LogP contribution in [-0.4, -0.2) is 96.7 Å². The minimum absolute atomic E-state index is 0.108. The highest BCUT2D eigenvalue weighted by molar-refractivity contribution is 7.47. The first-order chi connectivity index (χ1) is 49.4. The van der Waals surface area contributed by atoms with Crippen LogP contribution in [-0.2, 0) is 65.4 Å². The summed E-state index contributed by atoms with van der Waals surface area (Å²) in [6.07, 6.45) is 65.1. The number of aliphatic hydroxyl groups excluding tert-OH is 1. The highest BCUT2D eigenvalue weighted by Gasteiger charge is 2.30. The van der Waals surface area contributed by atoms with Gasteiger partial charge in [0, 0.05) is 25.7 Å². The van der Waals surface area contributed by atoms with Gasteiger partial charge in [-0.3, -0.25) is 37.3 Å². The minimum atomic E-state index is -4.96. The standard InChI is InChI=1S/C83H162O17P2/c1-7-9-11-13-15-17-19-20-21-22-23-24-31-37-43-49-55-61-67-82(87)100-79(72-94-81(86)66-60-54-48-42-36-30-26-25-28-34-39-45-51-57-63-75(3)4)74-98-102(91,92)96-70-77(84)69-95-101(89,90)97-73-78(71-93-80(85)65-59-53-47-41-33-18-16-14-12-10-8-2)99-83(88)68-62-56-50-44-38-32-27-29-35-40-46-52-58-64-76(5)6/h75-79,84H,7-74H2,1-6H3,(H,89,90)(H,91,92)/t77-,78+,79+/m0/s1. The molecule has 0 aromatic rings. The second-order valence-corrected chi connectivity index (χ2v) is 33.7. The molecule has 0 aliphatic carbocycles. The molecule has 0 spiro atoms. The zero-order valence-corrected chi connectivity index (χ0v) is 68.7. The molecule has 3 N–H and O–H groups in total. The van der Waals surface area contributed by atoms with Crippen LogP contribution in [0.25, 0.3) is 0 Å². The maximum absolute atomic E-state index is 13.1. The molecule has 0 bridgehead atoms. The molecular formula is C83H162O17P2. The molecule has 0 aliphatic heterocycles. The Morgan fingerprint density at radius 1 is 0.265 bits per heavy atom. The number of phosphoric ester groups is 2. The largest absolute Gasteiger partial charge is 0.472 e. The second-order valence-electron chi connectivity index (χ2n) is 30.8. The number of phosphoric acid groups is 2. The van der Waals surface area contributed by atoms with E-state index in [1.165, 1.54) is 257 Å². The van der Waals surface area contributed by atoms with E-state index in [4.69, 9.17) is 37.0 Å². The van der Waals surface area contributed by atoms with E-state index < -0.39 is 97.5 Å². The summed E-state index contributed by atoms with van der Waals surface area (Å²) in [5.74, 6) is -0.518. The fourth-order valence-corrected chi connectivity index (χ4v) is 14.5. The van der Waals surface area contributed by atoms with Gasteiger partial charge in [0.25, 0.3) is 0 Å². The quantitative estimate of drug-likeness (QED) is 0.0222. The van der Waals surface area contributed by atoms with E-state index in [-0.39, 0.29) is 25.7 Å². The third-order valence-corrected chi connectivity index (χ3v) is 21.4. The van der Waals surface area contributed by atoms with Crippen LogP contribution < -0.4 is 0 Å². The molecule has 0 saturated heterocycles. The Balaban J connectivity index is 5.25. The van der Waals surface area contributed by atoms with Gasteiger partial charge in [0.15, 0.2) is 12.2 Å². The number of rotatable bonds is 82. The molecule has 2 unspecified atom stereocenters. The van der Waals surface area contributed by atoms with Crippen LogP contribution in [0, 0.1) is 11.8 Å². The molecule has 606 valence electrons. The number of unbranched alkanes of at least 4 members (excludes halogenated alkanes) is 52. The van der Waals surface area contributed by atoms with Gasteiger partial charge in [-0.2, -0.15) is 0 Å². The molecule has 0 rings (SSSR count). The van der Waals surface area contributed by atoms with E-state index in [0.29, 0.717) is 25.7 Å². The SMILES string of the molecule is CCCCCCCCCCCCCCCCCCCCC(=O)O[C@H](COC(=O)CCCCCCCCCCCCCCCCC(C)C)COP(=O)(O)OC[C@@H](O)COP(=O)(O)OC[C@@H](COC(=O)CCCCCCCCCCCCC)OC(=O)CCCCCCCCCCCCCCCC(C)C. The van der Waals surface area contributed by atoms with Crippen LogP contribution in [0.5, 0.6) is 0 Å². The van der Waals surface area contributed by atoms with Crippen LogP contribution in [0.2, 0.25) is 0 Å². The smallest absolute Gasteiger partial charge is 0.462 e. The molecule has 0 heterocycles. The third-order valence-electron chi connectivity index (χ3n) is 19.5. The molecule has 0 saturated carbocycles. The molecule has 0 fully saturated rings. The molecule has 19 heteroatoms. The van der Waals surface area contributed by atoms with Crippen molar-refractivity contribution in [2.75, 3.05) is 39.6 Å². The van der Waals surface area contributed by atoms with Gasteiger partial charge in [-0.25, -0.2) is 9.13 Å². The monoisotopic (exact) mass is 1490 g/mol. The summed E-state index contributed by atoms with van der Waals surface area (Å²) in [6, 6.07) is 0.